The molecular weight excluding hydrogens is 841 g/mol. The smallest absolute Gasteiger partial charge is 0.410 e. The van der Waals surface area contributed by atoms with E-state index in [9.17, 15) is 4.79 Å². The van der Waals surface area contributed by atoms with E-state index in [-0.39, 0.29) is 47.3 Å². The maximum absolute atomic E-state index is 16.0. The number of thioether (sulfide) groups is 1. The van der Waals surface area contributed by atoms with Gasteiger partial charge >= 0.3 is 6.09 Å². The van der Waals surface area contributed by atoms with Crippen LogP contribution < -0.4 is 19.9 Å². The van der Waals surface area contributed by atoms with Crippen LogP contribution in [-0.2, 0) is 34.4 Å². The summed E-state index contributed by atoms with van der Waals surface area (Å²) in [5.41, 5.74) is 9.23. The van der Waals surface area contributed by atoms with Crippen LogP contribution in [0.5, 0.6) is 17.2 Å². The maximum atomic E-state index is 16.0. The lowest BCUT2D eigenvalue weighted by molar-refractivity contribution is 0.0219. The first kappa shape index (κ1) is 44.9. The molecule has 17 heteroatoms. The molecule has 0 radical (unpaired) electrons. The Balaban J connectivity index is 1.38. The summed E-state index contributed by atoms with van der Waals surface area (Å²) >= 11 is 1.46. The summed E-state index contributed by atoms with van der Waals surface area (Å²) in [5.74, 6) is 2.43. The summed E-state index contributed by atoms with van der Waals surface area (Å²) in [7, 11) is 0.337. The lowest BCUT2D eigenvalue weighted by Gasteiger charge is -2.33. The molecule has 15 nitrogen and oxygen atoms in total. The van der Waals surface area contributed by atoms with Crippen molar-refractivity contribution in [2.24, 2.45) is 0 Å². The number of tetrazole rings is 1. The molecule has 2 N–H and O–H groups in total. The van der Waals surface area contributed by atoms with Gasteiger partial charge in [-0.2, -0.15) is 9.10 Å². The first-order chi connectivity index (χ1) is 30.2. The molecule has 6 aromatic rings. The summed E-state index contributed by atoms with van der Waals surface area (Å²) in [6.45, 7) is 6.77. The number of benzene rings is 4. The Labute approximate surface area is 372 Å². The van der Waals surface area contributed by atoms with E-state index in [4.69, 9.17) is 29.8 Å². The second kappa shape index (κ2) is 19.5. The Morgan fingerprint density at radius 2 is 1.35 bits per heavy atom. The molecule has 1 saturated heterocycles. The van der Waals surface area contributed by atoms with Gasteiger partial charge in [0.1, 0.15) is 33.6 Å². The van der Waals surface area contributed by atoms with E-state index in [0.29, 0.717) is 65.0 Å². The molecule has 2 aromatic heterocycles. The van der Waals surface area contributed by atoms with Crippen LogP contribution in [0.4, 0.5) is 10.6 Å². The monoisotopic (exact) mass is 892 g/mol. The van der Waals surface area contributed by atoms with Gasteiger partial charge in [0.2, 0.25) is 15.8 Å². The van der Waals surface area contributed by atoms with Crippen LogP contribution in [0.1, 0.15) is 50.3 Å². The number of hydrogen-bond donors (Lipinski definition) is 1. The predicted octanol–water partition coefficient (Wildman–Crippen LogP) is 7.94. The highest BCUT2D eigenvalue weighted by atomic mass is 32.2. The van der Waals surface area contributed by atoms with Crippen molar-refractivity contribution >= 4 is 33.7 Å². The SMILES string of the molecule is COc1ccc(CN(Cc2ccc(OC)cc2)S(=O)(=O)c2c(SC3CCN(C(=O)OC(C)(C)C)CC3)ccc(-c3ccc(N)nc3)c2-c2nnn(Cc3ccc(OC)cc3)n2)cc1. The van der Waals surface area contributed by atoms with E-state index in [0.717, 1.165) is 16.7 Å². The topological polar surface area (TPSA) is 177 Å². The molecular formula is C46H52N8O7S2. The van der Waals surface area contributed by atoms with Crippen molar-refractivity contribution in [2.75, 3.05) is 40.2 Å². The maximum Gasteiger partial charge on any atom is 0.410 e. The Hall–Kier alpha value is -6.17. The van der Waals surface area contributed by atoms with E-state index < -0.39 is 15.6 Å². The number of carbonyl (C=O) groups excluding carboxylic acids is 1. The Morgan fingerprint density at radius 1 is 0.794 bits per heavy atom. The van der Waals surface area contributed by atoms with Gasteiger partial charge in [0.25, 0.3) is 0 Å². The molecule has 330 valence electrons. The third-order valence-corrected chi connectivity index (χ3v) is 13.8. The first-order valence-electron chi connectivity index (χ1n) is 20.4. The largest absolute Gasteiger partial charge is 0.497 e. The molecule has 7 rings (SSSR count). The highest BCUT2D eigenvalue weighted by Gasteiger charge is 2.36. The first-order valence-corrected chi connectivity index (χ1v) is 22.8. The summed E-state index contributed by atoms with van der Waals surface area (Å²) in [5, 5.41) is 13.8. The second-order valence-electron chi connectivity index (χ2n) is 16.0. The molecule has 0 saturated carbocycles. The van der Waals surface area contributed by atoms with Crippen LogP contribution in [0.2, 0.25) is 0 Å². The van der Waals surface area contributed by atoms with Crippen molar-refractivity contribution in [2.45, 2.75) is 73.9 Å². The predicted molar refractivity (Wildman–Crippen MR) is 242 cm³/mol. The number of aromatic nitrogens is 5. The molecule has 1 fully saturated rings. The van der Waals surface area contributed by atoms with Crippen LogP contribution in [0.25, 0.3) is 22.5 Å². The fourth-order valence-corrected chi connectivity index (χ4v) is 10.4. The minimum Gasteiger partial charge on any atom is -0.497 e. The summed E-state index contributed by atoms with van der Waals surface area (Å²) in [4.78, 5) is 21.1. The average Bonchev–Trinajstić information content (AvgIpc) is 3.74. The van der Waals surface area contributed by atoms with Crippen molar-refractivity contribution < 1.29 is 32.2 Å². The number of nitrogens with two attached hydrogens (primary N) is 1. The van der Waals surface area contributed by atoms with E-state index in [1.807, 2.05) is 106 Å². The zero-order valence-electron chi connectivity index (χ0n) is 36.2. The van der Waals surface area contributed by atoms with Gasteiger partial charge in [0, 0.05) is 48.1 Å². The zero-order chi connectivity index (χ0) is 44.7. The van der Waals surface area contributed by atoms with Crippen molar-refractivity contribution in [3.8, 4) is 39.8 Å². The number of hydrogen-bond acceptors (Lipinski definition) is 13. The standard InChI is InChI=1S/C46H52N8O7S2/c1-46(2,3)61-45(55)52-25-23-38(24-26-52)62-40-21-20-39(34-13-22-41(47)48-27-34)42(44-49-51-54(50-44)30-33-11-18-37(60-6)19-12-33)43(40)63(56,57)53(28-31-7-14-35(58-4)15-8-31)29-32-9-16-36(59-5)17-10-32/h7-22,27,38H,23-26,28-30H2,1-6H3,(H2,47,48). The minimum absolute atomic E-state index is 0.0292. The van der Waals surface area contributed by atoms with Gasteiger partial charge in [-0.3, -0.25) is 0 Å². The van der Waals surface area contributed by atoms with Crippen molar-refractivity contribution in [1.29, 1.82) is 0 Å². The normalized spacial score (nSPS) is 13.5. The van der Waals surface area contributed by atoms with Gasteiger partial charge in [-0.25, -0.2) is 18.2 Å². The molecule has 1 amide bonds. The van der Waals surface area contributed by atoms with E-state index in [2.05, 4.69) is 15.3 Å². The van der Waals surface area contributed by atoms with Gasteiger partial charge < -0.3 is 29.6 Å². The summed E-state index contributed by atoms with van der Waals surface area (Å²) < 4.78 is 55.3. The van der Waals surface area contributed by atoms with Crippen LogP contribution in [0.3, 0.4) is 0 Å². The van der Waals surface area contributed by atoms with E-state index in [1.54, 1.807) is 44.6 Å². The van der Waals surface area contributed by atoms with Gasteiger partial charge in [-0.15, -0.1) is 22.0 Å². The molecule has 0 bridgehead atoms. The number of sulfonamides is 1. The lowest BCUT2D eigenvalue weighted by atomic mass is 10.0. The van der Waals surface area contributed by atoms with Crippen LogP contribution >= 0.6 is 11.8 Å². The van der Waals surface area contributed by atoms with E-state index >= 15 is 8.42 Å². The zero-order valence-corrected chi connectivity index (χ0v) is 37.9. The quantitative estimate of drug-likeness (QED) is 0.105. The number of pyridine rings is 1. The van der Waals surface area contributed by atoms with Gasteiger partial charge in [0.05, 0.1) is 33.4 Å². The number of rotatable bonds is 15. The molecule has 1 aliphatic rings. The van der Waals surface area contributed by atoms with Crippen LogP contribution in [0, 0.1) is 0 Å². The van der Waals surface area contributed by atoms with Crippen LogP contribution in [0.15, 0.2) is 113 Å². The van der Waals surface area contributed by atoms with Crippen molar-refractivity contribution in [3.63, 3.8) is 0 Å². The number of piperidine rings is 1. The molecule has 3 heterocycles. The molecule has 0 aliphatic carbocycles. The van der Waals surface area contributed by atoms with Crippen molar-refractivity contribution in [1.82, 2.24) is 34.4 Å². The number of carbonyl (C=O) groups is 1. The number of amides is 1. The fraction of sp³-hybridized carbons (Fsp3) is 0.326. The molecule has 0 atom stereocenters. The number of anilines is 1. The summed E-state index contributed by atoms with van der Waals surface area (Å²) in [6, 6.07) is 29.4. The van der Waals surface area contributed by atoms with Crippen LogP contribution in [-0.4, -0.2) is 94.2 Å². The molecule has 4 aromatic carbocycles. The van der Waals surface area contributed by atoms with Gasteiger partial charge in [0.15, 0.2) is 0 Å². The average molecular weight is 893 g/mol. The number of nitrogens with zero attached hydrogens (tertiary/aromatic N) is 7. The molecule has 0 spiro atoms. The Morgan fingerprint density at radius 3 is 1.86 bits per heavy atom. The number of likely N-dealkylation sites (tertiary alicyclic amines) is 1. The Bertz CT molecular complexity index is 2540. The van der Waals surface area contributed by atoms with Crippen molar-refractivity contribution in [3.05, 3.63) is 120 Å². The summed E-state index contributed by atoms with van der Waals surface area (Å²) in [6.07, 6.45) is 2.47. The minimum atomic E-state index is -4.44. The Kier molecular flexibility index (Phi) is 13.9. The highest BCUT2D eigenvalue weighted by Crippen LogP contribution is 2.45. The molecule has 1 aliphatic heterocycles. The van der Waals surface area contributed by atoms with E-state index in [1.165, 1.54) is 20.9 Å². The number of methoxy groups -OCH3 is 3. The number of nitrogen functional groups attached to an aromatic ring is 1. The second-order valence-corrected chi connectivity index (χ2v) is 19.2. The van der Waals surface area contributed by atoms with Gasteiger partial charge in [-0.1, -0.05) is 42.5 Å². The molecule has 63 heavy (non-hydrogen) atoms. The van der Waals surface area contributed by atoms with Gasteiger partial charge in [-0.05, 0) is 116 Å². The lowest BCUT2D eigenvalue weighted by Crippen LogP contribution is -2.42. The third kappa shape index (κ3) is 11.1. The molecule has 0 unspecified atom stereocenters. The highest BCUT2D eigenvalue weighted by molar-refractivity contribution is 8.00. The fourth-order valence-electron chi connectivity index (χ4n) is 7.13. The third-order valence-electron chi connectivity index (χ3n) is 10.4. The number of ether oxygens (including phenoxy) is 4.